The van der Waals surface area contributed by atoms with Crippen molar-refractivity contribution in [3.05, 3.63) is 30.0 Å². The summed E-state index contributed by atoms with van der Waals surface area (Å²) in [6.07, 6.45) is 0. The highest BCUT2D eigenvalue weighted by Crippen LogP contribution is 2.29. The summed E-state index contributed by atoms with van der Waals surface area (Å²) in [5, 5.41) is 8.90. The minimum atomic E-state index is -1.76. The van der Waals surface area contributed by atoms with Gasteiger partial charge in [0.05, 0.1) is 12.6 Å². The van der Waals surface area contributed by atoms with Crippen molar-refractivity contribution in [2.75, 3.05) is 7.11 Å². The molecule has 21 heavy (non-hydrogen) atoms. The lowest BCUT2D eigenvalue weighted by Crippen LogP contribution is -2.20. The van der Waals surface area contributed by atoms with Gasteiger partial charge >= 0.3 is 11.9 Å². The normalized spacial score (nSPS) is 10.1. The molecule has 108 valence electrons. The van der Waals surface area contributed by atoms with Crippen molar-refractivity contribution < 1.29 is 29.0 Å². The number of carboxylic acids is 1. The van der Waals surface area contributed by atoms with Crippen LogP contribution in [0.3, 0.4) is 0 Å². The number of amides is 1. The number of benzene rings is 1. The zero-order chi connectivity index (χ0) is 15.6. The molecule has 0 saturated carbocycles. The fourth-order valence-corrected chi connectivity index (χ4v) is 1.66. The molecule has 0 bridgehead atoms. The highest BCUT2D eigenvalue weighted by atomic mass is 16.6. The number of aromatic nitrogens is 1. The average molecular weight is 290 g/mol. The number of carbonyl (C=O) groups is 3. The summed E-state index contributed by atoms with van der Waals surface area (Å²) >= 11 is 0. The lowest BCUT2D eigenvalue weighted by Gasteiger charge is -2.09. The van der Waals surface area contributed by atoms with Gasteiger partial charge in [-0.1, -0.05) is 0 Å². The lowest BCUT2D eigenvalue weighted by molar-refractivity contribution is -0.157. The van der Waals surface area contributed by atoms with E-state index >= 15 is 0 Å². The molecule has 1 aromatic carbocycles. The van der Waals surface area contributed by atoms with E-state index in [4.69, 9.17) is 20.3 Å². The fourth-order valence-electron chi connectivity index (χ4n) is 1.66. The number of carbonyl (C=O) groups excluding carboxylic acids is 2. The Morgan fingerprint density at radius 2 is 1.95 bits per heavy atom. The molecular formula is C13H10N2O6. The van der Waals surface area contributed by atoms with Gasteiger partial charge in [-0.05, 0) is 18.2 Å². The van der Waals surface area contributed by atoms with Crippen molar-refractivity contribution in [1.29, 1.82) is 0 Å². The van der Waals surface area contributed by atoms with E-state index in [-0.39, 0.29) is 11.4 Å². The summed E-state index contributed by atoms with van der Waals surface area (Å²) in [5.41, 5.74) is 5.29. The van der Waals surface area contributed by atoms with Crippen molar-refractivity contribution in [2.24, 2.45) is 5.73 Å². The molecule has 2 aromatic rings. The number of nitrogens with zero attached hydrogens (tertiary/aromatic N) is 1. The van der Waals surface area contributed by atoms with Crippen LogP contribution >= 0.6 is 0 Å². The number of ether oxygens (including phenoxy) is 2. The third kappa shape index (κ3) is 2.89. The van der Waals surface area contributed by atoms with Gasteiger partial charge in [0.25, 0.3) is 5.91 Å². The Balaban J connectivity index is 2.64. The summed E-state index contributed by atoms with van der Waals surface area (Å²) < 4.78 is 9.77. The van der Waals surface area contributed by atoms with Gasteiger partial charge in [-0.2, -0.15) is 0 Å². The molecule has 3 N–H and O–H groups in total. The number of hydrogen-bond acceptors (Lipinski definition) is 6. The van der Waals surface area contributed by atoms with E-state index in [2.05, 4.69) is 4.98 Å². The predicted octanol–water partition coefficient (Wildman–Crippen LogP) is 0.332. The number of rotatable bonds is 3. The van der Waals surface area contributed by atoms with Crippen LogP contribution in [-0.4, -0.2) is 35.0 Å². The molecule has 0 saturated heterocycles. The smallest absolute Gasteiger partial charge is 0.422 e. The first kappa shape index (κ1) is 14.3. The third-order valence-electron chi connectivity index (χ3n) is 2.61. The molecule has 0 radical (unpaired) electrons. The maximum absolute atomic E-state index is 11.2. The number of carboxylic acid groups (broad SMARTS) is 1. The van der Waals surface area contributed by atoms with Crippen LogP contribution in [-0.2, 0) is 9.59 Å². The fraction of sp³-hybridized carbons (Fsp3) is 0.0769. The highest BCUT2D eigenvalue weighted by Gasteiger charge is 2.18. The zero-order valence-electron chi connectivity index (χ0n) is 10.8. The van der Waals surface area contributed by atoms with Crippen molar-refractivity contribution >= 4 is 28.7 Å². The second-order valence-electron chi connectivity index (χ2n) is 3.95. The molecule has 0 unspecified atom stereocenters. The van der Waals surface area contributed by atoms with Gasteiger partial charge in [-0.15, -0.1) is 0 Å². The first-order valence-corrected chi connectivity index (χ1v) is 5.66. The zero-order valence-corrected chi connectivity index (χ0v) is 10.8. The van der Waals surface area contributed by atoms with E-state index in [9.17, 15) is 14.4 Å². The van der Waals surface area contributed by atoms with Gasteiger partial charge < -0.3 is 20.3 Å². The Hall–Kier alpha value is -3.16. The Bertz CT molecular complexity index is 756. The van der Waals surface area contributed by atoms with Gasteiger partial charge in [0.2, 0.25) is 0 Å². The maximum Gasteiger partial charge on any atom is 0.422 e. The molecule has 0 aliphatic heterocycles. The maximum atomic E-state index is 11.2. The Kier molecular flexibility index (Phi) is 3.70. The quantitative estimate of drug-likeness (QED) is 0.615. The number of aliphatic carboxylic acids is 1. The van der Waals surface area contributed by atoms with Gasteiger partial charge in [0, 0.05) is 11.5 Å². The summed E-state index contributed by atoms with van der Waals surface area (Å²) in [6.45, 7) is 0. The number of primary amides is 1. The highest BCUT2D eigenvalue weighted by molar-refractivity contribution is 6.29. The van der Waals surface area contributed by atoms with Crippen LogP contribution in [0.4, 0.5) is 0 Å². The molecule has 0 aliphatic rings. The van der Waals surface area contributed by atoms with Crippen molar-refractivity contribution in [2.45, 2.75) is 0 Å². The largest absolute Gasteiger partial charge is 0.497 e. The number of hydrogen-bond donors (Lipinski definition) is 2. The summed E-state index contributed by atoms with van der Waals surface area (Å²) in [5.74, 6) is -3.77. The van der Waals surface area contributed by atoms with E-state index in [0.717, 1.165) is 6.07 Å². The molecule has 0 atom stereocenters. The lowest BCUT2D eigenvalue weighted by atomic mass is 10.1. The molecule has 8 heteroatoms. The van der Waals surface area contributed by atoms with E-state index in [0.29, 0.717) is 16.7 Å². The van der Waals surface area contributed by atoms with Crippen molar-refractivity contribution in [3.8, 4) is 11.5 Å². The molecule has 2 rings (SSSR count). The van der Waals surface area contributed by atoms with Crippen LogP contribution in [0, 0.1) is 0 Å². The van der Waals surface area contributed by atoms with Gasteiger partial charge in [-0.3, -0.25) is 4.79 Å². The SMILES string of the molecule is COc1ccc2nc(C(N)=O)cc(OC(=O)C(=O)O)c2c1. The topological polar surface area (TPSA) is 129 Å². The first-order chi connectivity index (χ1) is 9.92. The number of nitrogens with two attached hydrogens (primary N) is 1. The van der Waals surface area contributed by atoms with E-state index in [1.54, 1.807) is 6.07 Å². The minimum Gasteiger partial charge on any atom is -0.497 e. The molecule has 0 fully saturated rings. The number of methoxy groups -OCH3 is 1. The standard InChI is InChI=1S/C13H10N2O6/c1-20-6-2-3-8-7(4-6)10(21-13(19)12(17)18)5-9(15-8)11(14)16/h2-5H,1H3,(H2,14,16)(H,17,18). The van der Waals surface area contributed by atoms with Crippen molar-refractivity contribution in [1.82, 2.24) is 4.98 Å². The number of fused-ring (bicyclic) bond motifs is 1. The molecule has 1 heterocycles. The minimum absolute atomic E-state index is 0.139. The van der Waals surface area contributed by atoms with Crippen molar-refractivity contribution in [3.63, 3.8) is 0 Å². The molecule has 8 nitrogen and oxygen atoms in total. The van der Waals surface area contributed by atoms with Crippen LogP contribution in [0.1, 0.15) is 10.5 Å². The van der Waals surface area contributed by atoms with Crippen LogP contribution < -0.4 is 15.2 Å². The molecule has 0 aliphatic carbocycles. The third-order valence-corrected chi connectivity index (χ3v) is 2.61. The van der Waals surface area contributed by atoms with Gasteiger partial charge in [-0.25, -0.2) is 14.6 Å². The van der Waals surface area contributed by atoms with Gasteiger partial charge in [0.1, 0.15) is 17.2 Å². The Labute approximate surface area is 118 Å². The molecule has 1 aromatic heterocycles. The summed E-state index contributed by atoms with van der Waals surface area (Å²) in [6, 6.07) is 5.71. The molecule has 0 spiro atoms. The Morgan fingerprint density at radius 1 is 1.24 bits per heavy atom. The van der Waals surface area contributed by atoms with Crippen LogP contribution in [0.15, 0.2) is 24.3 Å². The monoisotopic (exact) mass is 290 g/mol. The number of esters is 1. The van der Waals surface area contributed by atoms with E-state index in [1.807, 2.05) is 0 Å². The van der Waals surface area contributed by atoms with E-state index < -0.39 is 17.8 Å². The van der Waals surface area contributed by atoms with Crippen LogP contribution in [0.5, 0.6) is 11.5 Å². The van der Waals surface area contributed by atoms with Crippen LogP contribution in [0.2, 0.25) is 0 Å². The molecule has 1 amide bonds. The number of pyridine rings is 1. The molecular weight excluding hydrogens is 280 g/mol. The second kappa shape index (κ2) is 5.45. The second-order valence-corrected chi connectivity index (χ2v) is 3.95. The van der Waals surface area contributed by atoms with Gasteiger partial charge in [0.15, 0.2) is 0 Å². The Morgan fingerprint density at radius 3 is 2.52 bits per heavy atom. The first-order valence-electron chi connectivity index (χ1n) is 5.66. The van der Waals surface area contributed by atoms with E-state index in [1.165, 1.54) is 19.2 Å². The van der Waals surface area contributed by atoms with Crippen LogP contribution in [0.25, 0.3) is 10.9 Å². The summed E-state index contributed by atoms with van der Waals surface area (Å²) in [4.78, 5) is 37.0. The average Bonchev–Trinajstić information content (AvgIpc) is 2.46. The predicted molar refractivity (Wildman–Crippen MR) is 70.1 cm³/mol. The summed E-state index contributed by atoms with van der Waals surface area (Å²) in [7, 11) is 1.44.